The van der Waals surface area contributed by atoms with Crippen molar-refractivity contribution in [1.29, 1.82) is 5.26 Å². The minimum absolute atomic E-state index is 0.0514. The highest BCUT2D eigenvalue weighted by atomic mass is 16.2. The Morgan fingerprint density at radius 2 is 2.14 bits per heavy atom. The summed E-state index contributed by atoms with van der Waals surface area (Å²) in [5.41, 5.74) is 0. The van der Waals surface area contributed by atoms with Crippen molar-refractivity contribution in [3.05, 3.63) is 0 Å². The Bertz CT molecular complexity index is 467. The predicted molar refractivity (Wildman–Crippen MR) is 73.6 cm³/mol. The maximum atomic E-state index is 11.7. The molecule has 1 saturated carbocycles. The first-order valence-electron chi connectivity index (χ1n) is 7.34. The largest absolute Gasteiger partial charge is 0.356 e. The molecule has 2 aliphatic rings. The van der Waals surface area contributed by atoms with Gasteiger partial charge in [-0.05, 0) is 32.1 Å². The zero-order valence-corrected chi connectivity index (χ0v) is 11.9. The number of nitriles is 1. The molecule has 0 aromatic carbocycles. The second-order valence-corrected chi connectivity index (χ2v) is 5.61. The van der Waals surface area contributed by atoms with Crippen molar-refractivity contribution in [1.82, 2.24) is 16.0 Å². The molecule has 3 amide bonds. The highest BCUT2D eigenvalue weighted by molar-refractivity contribution is 5.87. The number of hydrogen-bond donors (Lipinski definition) is 3. The van der Waals surface area contributed by atoms with Gasteiger partial charge in [0.15, 0.2) is 0 Å². The van der Waals surface area contributed by atoms with E-state index >= 15 is 0 Å². The van der Waals surface area contributed by atoms with Crippen molar-refractivity contribution in [3.8, 4) is 6.07 Å². The Balaban J connectivity index is 1.73. The van der Waals surface area contributed by atoms with Gasteiger partial charge in [-0.15, -0.1) is 0 Å². The number of carbonyl (C=O) groups is 3. The molecule has 1 unspecified atom stereocenters. The van der Waals surface area contributed by atoms with E-state index in [0.717, 1.165) is 25.7 Å². The van der Waals surface area contributed by atoms with Crippen LogP contribution in [0.4, 0.5) is 0 Å². The van der Waals surface area contributed by atoms with Crippen molar-refractivity contribution in [2.24, 2.45) is 11.8 Å². The van der Waals surface area contributed by atoms with Crippen LogP contribution in [0.15, 0.2) is 0 Å². The summed E-state index contributed by atoms with van der Waals surface area (Å²) in [4.78, 5) is 34.8. The average Bonchev–Trinajstić information content (AvgIpc) is 3.31. The van der Waals surface area contributed by atoms with E-state index in [1.165, 1.54) is 0 Å². The molecule has 114 valence electrons. The van der Waals surface area contributed by atoms with E-state index in [-0.39, 0.29) is 30.2 Å². The lowest BCUT2D eigenvalue weighted by molar-refractivity contribution is -0.128. The quantitative estimate of drug-likeness (QED) is 0.609. The molecule has 2 atom stereocenters. The molecule has 7 nitrogen and oxygen atoms in total. The molecule has 2 rings (SSSR count). The van der Waals surface area contributed by atoms with Gasteiger partial charge >= 0.3 is 0 Å². The van der Waals surface area contributed by atoms with Gasteiger partial charge in [-0.2, -0.15) is 5.26 Å². The van der Waals surface area contributed by atoms with Gasteiger partial charge in [0.1, 0.15) is 6.04 Å². The summed E-state index contributed by atoms with van der Waals surface area (Å²) >= 11 is 0. The van der Waals surface area contributed by atoms with Gasteiger partial charge in [-0.1, -0.05) is 0 Å². The van der Waals surface area contributed by atoms with Gasteiger partial charge in [0.2, 0.25) is 17.7 Å². The fraction of sp³-hybridized carbons (Fsp3) is 0.714. The number of piperidine rings is 1. The van der Waals surface area contributed by atoms with E-state index in [9.17, 15) is 14.4 Å². The minimum atomic E-state index is -0.704. The zero-order chi connectivity index (χ0) is 15.2. The summed E-state index contributed by atoms with van der Waals surface area (Å²) in [5, 5.41) is 16.9. The van der Waals surface area contributed by atoms with Gasteiger partial charge in [0, 0.05) is 18.4 Å². The van der Waals surface area contributed by atoms with Crippen molar-refractivity contribution < 1.29 is 14.4 Å². The molecular formula is C14H20N4O3. The van der Waals surface area contributed by atoms with Crippen molar-refractivity contribution >= 4 is 17.7 Å². The summed E-state index contributed by atoms with van der Waals surface area (Å²) in [6.45, 7) is 0.552. The number of rotatable bonds is 6. The molecule has 0 aromatic heterocycles. The predicted octanol–water partition coefficient (Wildman–Crippen LogP) is -0.563. The molecule has 1 aliphatic heterocycles. The number of hydrogen-bond acceptors (Lipinski definition) is 4. The smallest absolute Gasteiger partial charge is 0.240 e. The number of amides is 3. The van der Waals surface area contributed by atoms with Gasteiger partial charge in [0.05, 0.1) is 12.6 Å². The fourth-order valence-electron chi connectivity index (χ4n) is 2.39. The van der Waals surface area contributed by atoms with Gasteiger partial charge in [-0.25, -0.2) is 0 Å². The Morgan fingerprint density at radius 1 is 1.38 bits per heavy atom. The third-order valence-corrected chi connectivity index (χ3v) is 3.78. The zero-order valence-electron chi connectivity index (χ0n) is 11.9. The second-order valence-electron chi connectivity index (χ2n) is 5.61. The summed E-state index contributed by atoms with van der Waals surface area (Å²) in [6.07, 6.45) is 3.69. The van der Waals surface area contributed by atoms with E-state index < -0.39 is 11.9 Å². The maximum Gasteiger partial charge on any atom is 0.240 e. The lowest BCUT2D eigenvalue weighted by Crippen LogP contribution is -2.45. The van der Waals surface area contributed by atoms with Crippen LogP contribution in [0.3, 0.4) is 0 Å². The summed E-state index contributed by atoms with van der Waals surface area (Å²) < 4.78 is 0. The minimum Gasteiger partial charge on any atom is -0.356 e. The van der Waals surface area contributed by atoms with Gasteiger partial charge < -0.3 is 16.0 Å². The van der Waals surface area contributed by atoms with Crippen molar-refractivity contribution in [2.45, 2.75) is 38.1 Å². The molecule has 0 bridgehead atoms. The average molecular weight is 292 g/mol. The molecule has 0 radical (unpaired) electrons. The number of nitrogens with zero attached hydrogens (tertiary/aromatic N) is 1. The van der Waals surface area contributed by atoms with E-state index in [0.29, 0.717) is 13.0 Å². The standard InChI is InChI=1S/C14H20N4O3/c15-7-11(6-10-2-1-5-16-14(10)21)18-12(19)8-17-13(20)9-3-4-9/h9-11H,1-6,8H2,(H,16,21)(H,17,20)(H,18,19)/t10-,11?/m0/s1. The lowest BCUT2D eigenvalue weighted by Gasteiger charge is -2.23. The molecular weight excluding hydrogens is 272 g/mol. The van der Waals surface area contributed by atoms with Crippen LogP contribution in [-0.4, -0.2) is 36.9 Å². The van der Waals surface area contributed by atoms with Crippen LogP contribution in [0.1, 0.15) is 32.1 Å². The van der Waals surface area contributed by atoms with E-state index in [4.69, 9.17) is 5.26 Å². The Labute approximate surface area is 123 Å². The highest BCUT2D eigenvalue weighted by Crippen LogP contribution is 2.28. The molecule has 1 aliphatic carbocycles. The molecule has 2 fully saturated rings. The third kappa shape index (κ3) is 4.74. The lowest BCUT2D eigenvalue weighted by atomic mass is 9.92. The molecule has 1 saturated heterocycles. The molecule has 21 heavy (non-hydrogen) atoms. The van der Waals surface area contributed by atoms with Crippen LogP contribution in [0.25, 0.3) is 0 Å². The summed E-state index contributed by atoms with van der Waals surface area (Å²) in [7, 11) is 0. The van der Waals surface area contributed by atoms with E-state index in [1.54, 1.807) is 0 Å². The first kappa shape index (κ1) is 15.3. The Morgan fingerprint density at radius 3 is 2.76 bits per heavy atom. The molecule has 0 spiro atoms. The third-order valence-electron chi connectivity index (χ3n) is 3.78. The highest BCUT2D eigenvalue weighted by Gasteiger charge is 2.30. The summed E-state index contributed by atoms with van der Waals surface area (Å²) in [5.74, 6) is -0.741. The SMILES string of the molecule is N#CC(C[C@@H]1CCCNC1=O)NC(=O)CNC(=O)C1CC1. The molecule has 0 aromatic rings. The van der Waals surface area contributed by atoms with Crippen LogP contribution < -0.4 is 16.0 Å². The van der Waals surface area contributed by atoms with Crippen LogP contribution in [0, 0.1) is 23.2 Å². The van der Waals surface area contributed by atoms with Crippen molar-refractivity contribution in [2.75, 3.05) is 13.1 Å². The van der Waals surface area contributed by atoms with Crippen molar-refractivity contribution in [3.63, 3.8) is 0 Å². The first-order chi connectivity index (χ1) is 10.1. The van der Waals surface area contributed by atoms with E-state index in [1.807, 2.05) is 6.07 Å². The van der Waals surface area contributed by atoms with Gasteiger partial charge in [0.25, 0.3) is 0 Å². The summed E-state index contributed by atoms with van der Waals surface area (Å²) in [6, 6.07) is 1.29. The van der Waals surface area contributed by atoms with Crippen LogP contribution >= 0.6 is 0 Å². The normalized spacial score (nSPS) is 22.6. The Kier molecular flexibility index (Phi) is 5.14. The number of carbonyl (C=O) groups excluding carboxylic acids is 3. The van der Waals surface area contributed by atoms with Crippen LogP contribution in [0.2, 0.25) is 0 Å². The monoisotopic (exact) mass is 292 g/mol. The number of nitrogens with one attached hydrogen (secondary N) is 3. The molecule has 3 N–H and O–H groups in total. The second kappa shape index (κ2) is 7.07. The molecule has 1 heterocycles. The van der Waals surface area contributed by atoms with Crippen LogP contribution in [-0.2, 0) is 14.4 Å². The molecule has 7 heteroatoms. The van der Waals surface area contributed by atoms with Gasteiger partial charge in [-0.3, -0.25) is 14.4 Å². The first-order valence-corrected chi connectivity index (χ1v) is 7.34. The maximum absolute atomic E-state index is 11.7. The van der Waals surface area contributed by atoms with E-state index in [2.05, 4.69) is 16.0 Å². The topological polar surface area (TPSA) is 111 Å². The fourth-order valence-corrected chi connectivity index (χ4v) is 2.39. The Hall–Kier alpha value is -2.10. The van der Waals surface area contributed by atoms with Crippen LogP contribution in [0.5, 0.6) is 0 Å².